The summed E-state index contributed by atoms with van der Waals surface area (Å²) < 4.78 is 1.39. The molecule has 0 aliphatic rings. The molecule has 0 spiro atoms. The number of fused-ring (bicyclic) bond motifs is 1. The fourth-order valence-corrected chi connectivity index (χ4v) is 2.39. The molecule has 0 aliphatic carbocycles. The molecule has 7 heteroatoms. The van der Waals surface area contributed by atoms with Crippen LogP contribution in [0.1, 0.15) is 0 Å². The number of carboxylic acid groups (broad SMARTS) is 1. The van der Waals surface area contributed by atoms with Gasteiger partial charge >= 0.3 is 0 Å². The van der Waals surface area contributed by atoms with E-state index in [1.807, 2.05) is 0 Å². The average molecular weight is 265 g/mol. The lowest BCUT2D eigenvalue weighted by molar-refractivity contribution is -0.122. The second-order valence-corrected chi connectivity index (χ2v) is 4.37. The third kappa shape index (κ3) is 2.50. The number of nitrogens with two attached hydrogens (primary N) is 1. The summed E-state index contributed by atoms with van der Waals surface area (Å²) in [6.45, 7) is -0.250. The maximum absolute atomic E-state index is 8.36. The number of carbonyl (C=O) groups is 1. The molecule has 2 aromatic rings. The molecule has 4 nitrogen and oxygen atoms in total. The zero-order valence-electron chi connectivity index (χ0n) is 7.28. The maximum atomic E-state index is 8.36. The van der Waals surface area contributed by atoms with Gasteiger partial charge in [0, 0.05) is 6.20 Å². The van der Waals surface area contributed by atoms with E-state index in [0.717, 1.165) is 4.70 Å². The topological polar surface area (TPSA) is 76.2 Å². The minimum absolute atomic E-state index is 0.250. The Bertz CT molecular complexity index is 487. The van der Waals surface area contributed by atoms with Crippen LogP contribution < -0.4 is 5.73 Å². The van der Waals surface area contributed by atoms with Crippen molar-refractivity contribution in [2.75, 3.05) is 5.73 Å². The van der Waals surface area contributed by atoms with Crippen molar-refractivity contribution in [3.8, 4) is 0 Å². The number of pyridine rings is 1. The first-order valence-corrected chi connectivity index (χ1v) is 5.25. The van der Waals surface area contributed by atoms with Crippen LogP contribution >= 0.6 is 34.5 Å². The van der Waals surface area contributed by atoms with Gasteiger partial charge in [0.25, 0.3) is 6.47 Å². The number of thiophene rings is 1. The van der Waals surface area contributed by atoms with Gasteiger partial charge in [-0.25, -0.2) is 0 Å². The van der Waals surface area contributed by atoms with E-state index in [-0.39, 0.29) is 6.47 Å². The number of anilines is 1. The van der Waals surface area contributed by atoms with Crippen LogP contribution in [0.15, 0.2) is 12.3 Å². The van der Waals surface area contributed by atoms with Crippen molar-refractivity contribution in [3.05, 3.63) is 21.6 Å². The monoisotopic (exact) mass is 264 g/mol. The minimum atomic E-state index is -0.250. The molecule has 80 valence electrons. The highest BCUT2D eigenvalue weighted by Crippen LogP contribution is 2.39. The lowest BCUT2D eigenvalue weighted by Gasteiger charge is -1.92. The third-order valence-electron chi connectivity index (χ3n) is 1.51. The molecule has 0 aromatic carbocycles. The summed E-state index contributed by atoms with van der Waals surface area (Å²) in [4.78, 5) is 12.4. The van der Waals surface area contributed by atoms with Crippen LogP contribution in [0.25, 0.3) is 10.2 Å². The first-order chi connectivity index (χ1) is 7.11. The van der Waals surface area contributed by atoms with Crippen LogP contribution in [-0.4, -0.2) is 16.6 Å². The van der Waals surface area contributed by atoms with Gasteiger partial charge in [-0.1, -0.05) is 23.2 Å². The summed E-state index contributed by atoms with van der Waals surface area (Å²) in [5.74, 6) is 0. The van der Waals surface area contributed by atoms with Gasteiger partial charge in [0.05, 0.1) is 15.4 Å². The summed E-state index contributed by atoms with van der Waals surface area (Å²) in [6, 6.07) is 1.73. The molecule has 0 bridgehead atoms. The molecule has 0 fully saturated rings. The molecule has 0 amide bonds. The molecule has 0 saturated carbocycles. The Balaban J connectivity index is 0.000000337. The zero-order chi connectivity index (χ0) is 11.4. The van der Waals surface area contributed by atoms with E-state index in [9.17, 15) is 0 Å². The van der Waals surface area contributed by atoms with E-state index in [2.05, 4.69) is 4.98 Å². The number of rotatable bonds is 0. The molecule has 0 radical (unpaired) electrons. The molecule has 0 atom stereocenters. The Kier molecular flexibility index (Phi) is 4.14. The normalized spacial score (nSPS) is 9.47. The first-order valence-electron chi connectivity index (χ1n) is 3.67. The van der Waals surface area contributed by atoms with Gasteiger partial charge in [0.2, 0.25) is 0 Å². The number of halogens is 2. The van der Waals surface area contributed by atoms with Crippen molar-refractivity contribution in [1.29, 1.82) is 0 Å². The molecule has 2 heterocycles. The summed E-state index contributed by atoms with van der Waals surface area (Å²) >= 11 is 13.0. The second kappa shape index (κ2) is 5.16. The van der Waals surface area contributed by atoms with E-state index < -0.39 is 0 Å². The number of aromatic nitrogens is 1. The standard InChI is InChI=1S/C7H4Cl2N2S.CH2O2/c8-4-5-6(12-7(4)9)3(10)1-2-11-5;2-1-3/h1-2H,(H2,10,11);1H,(H,2,3). The molecule has 2 rings (SSSR count). The quantitative estimate of drug-likeness (QED) is 0.718. The van der Waals surface area contributed by atoms with Crippen molar-refractivity contribution in [1.82, 2.24) is 4.98 Å². The minimum Gasteiger partial charge on any atom is -0.483 e. The number of nitrogen functional groups attached to an aromatic ring is 1. The average Bonchev–Trinajstić information content (AvgIpc) is 2.48. The van der Waals surface area contributed by atoms with E-state index >= 15 is 0 Å². The number of nitrogens with zero attached hydrogens (tertiary/aromatic N) is 1. The highest BCUT2D eigenvalue weighted by Gasteiger charge is 2.10. The Morgan fingerprint density at radius 3 is 2.67 bits per heavy atom. The molecule has 15 heavy (non-hydrogen) atoms. The molecule has 0 unspecified atom stereocenters. The molecule has 0 saturated heterocycles. The van der Waals surface area contributed by atoms with Crippen LogP contribution in [0.5, 0.6) is 0 Å². The number of hydrogen-bond acceptors (Lipinski definition) is 4. The molecular formula is C8H6Cl2N2O2S. The third-order valence-corrected chi connectivity index (χ3v) is 3.52. The Hall–Kier alpha value is -1.04. The van der Waals surface area contributed by atoms with Gasteiger partial charge < -0.3 is 10.8 Å². The first kappa shape index (κ1) is 12.0. The van der Waals surface area contributed by atoms with Gasteiger partial charge in [0.1, 0.15) is 9.85 Å². The molecule has 0 aliphatic heterocycles. The van der Waals surface area contributed by atoms with Gasteiger partial charge in [-0.15, -0.1) is 11.3 Å². The summed E-state index contributed by atoms with van der Waals surface area (Å²) in [5, 5.41) is 7.38. The Morgan fingerprint density at radius 1 is 1.53 bits per heavy atom. The van der Waals surface area contributed by atoms with Crippen molar-refractivity contribution in [2.45, 2.75) is 0 Å². The summed E-state index contributed by atoms with van der Waals surface area (Å²) in [7, 11) is 0. The predicted molar refractivity (Wildman–Crippen MR) is 62.7 cm³/mol. The second-order valence-electron chi connectivity index (χ2n) is 2.37. The SMILES string of the molecule is Nc1ccnc2c(Cl)c(Cl)sc12.O=CO. The summed E-state index contributed by atoms with van der Waals surface area (Å²) in [6.07, 6.45) is 1.62. The van der Waals surface area contributed by atoms with Crippen LogP contribution in [-0.2, 0) is 4.79 Å². The van der Waals surface area contributed by atoms with E-state index in [0.29, 0.717) is 20.6 Å². The maximum Gasteiger partial charge on any atom is 0.290 e. The fourth-order valence-electron chi connectivity index (χ4n) is 0.954. The molecule has 2 aromatic heterocycles. The van der Waals surface area contributed by atoms with Crippen LogP contribution in [0.4, 0.5) is 5.69 Å². The zero-order valence-corrected chi connectivity index (χ0v) is 9.60. The Labute approximate surface area is 99.2 Å². The Morgan fingerprint density at radius 2 is 2.13 bits per heavy atom. The lowest BCUT2D eigenvalue weighted by Crippen LogP contribution is -1.84. The van der Waals surface area contributed by atoms with E-state index in [4.69, 9.17) is 38.8 Å². The van der Waals surface area contributed by atoms with Crippen molar-refractivity contribution in [2.24, 2.45) is 0 Å². The van der Waals surface area contributed by atoms with Crippen molar-refractivity contribution < 1.29 is 9.90 Å². The highest BCUT2D eigenvalue weighted by molar-refractivity contribution is 7.24. The lowest BCUT2D eigenvalue weighted by atomic mass is 10.3. The predicted octanol–water partition coefficient (Wildman–Crippen LogP) is 2.89. The van der Waals surface area contributed by atoms with Crippen molar-refractivity contribution in [3.63, 3.8) is 0 Å². The van der Waals surface area contributed by atoms with Crippen molar-refractivity contribution >= 4 is 56.9 Å². The van der Waals surface area contributed by atoms with Gasteiger partial charge in [-0.3, -0.25) is 9.78 Å². The van der Waals surface area contributed by atoms with E-state index in [1.165, 1.54) is 11.3 Å². The number of hydrogen-bond donors (Lipinski definition) is 2. The van der Waals surface area contributed by atoms with Crippen LogP contribution in [0, 0.1) is 0 Å². The van der Waals surface area contributed by atoms with E-state index in [1.54, 1.807) is 12.3 Å². The smallest absolute Gasteiger partial charge is 0.290 e. The van der Waals surface area contributed by atoms with Gasteiger partial charge in [0.15, 0.2) is 0 Å². The van der Waals surface area contributed by atoms with Gasteiger partial charge in [-0.2, -0.15) is 0 Å². The molecule has 3 N–H and O–H groups in total. The van der Waals surface area contributed by atoms with Crippen LogP contribution in [0.3, 0.4) is 0 Å². The summed E-state index contributed by atoms with van der Waals surface area (Å²) in [5.41, 5.74) is 7.04. The fraction of sp³-hybridized carbons (Fsp3) is 0. The van der Waals surface area contributed by atoms with Crippen LogP contribution in [0.2, 0.25) is 9.36 Å². The molecular weight excluding hydrogens is 259 g/mol. The van der Waals surface area contributed by atoms with Gasteiger partial charge in [-0.05, 0) is 6.07 Å². The highest BCUT2D eigenvalue weighted by atomic mass is 35.5. The largest absolute Gasteiger partial charge is 0.483 e.